The standard InChI is InChI=1S/C15H25N3O3/c1-10(2)9-16-14(20)12-8-13(12)15(21)18-6-4-17(5-7-18)11(3)19/h10,12-13H,4-9H2,1-3H3,(H,16,20). The second kappa shape index (κ2) is 6.45. The van der Waals surface area contributed by atoms with Gasteiger partial charge in [-0.3, -0.25) is 14.4 Å². The Kier molecular flexibility index (Phi) is 4.85. The van der Waals surface area contributed by atoms with Crippen LogP contribution in [0.25, 0.3) is 0 Å². The maximum Gasteiger partial charge on any atom is 0.226 e. The van der Waals surface area contributed by atoms with Crippen molar-refractivity contribution in [2.45, 2.75) is 27.2 Å². The van der Waals surface area contributed by atoms with E-state index in [1.165, 1.54) is 0 Å². The first kappa shape index (κ1) is 15.8. The van der Waals surface area contributed by atoms with E-state index in [4.69, 9.17) is 0 Å². The highest BCUT2D eigenvalue weighted by molar-refractivity contribution is 5.92. The molecule has 1 N–H and O–H groups in total. The van der Waals surface area contributed by atoms with Gasteiger partial charge in [0.05, 0.1) is 11.8 Å². The average molecular weight is 295 g/mol. The Labute approximate surface area is 125 Å². The van der Waals surface area contributed by atoms with E-state index in [-0.39, 0.29) is 29.6 Å². The van der Waals surface area contributed by atoms with E-state index in [9.17, 15) is 14.4 Å². The molecule has 2 rings (SSSR count). The molecule has 2 unspecified atom stereocenters. The van der Waals surface area contributed by atoms with E-state index in [2.05, 4.69) is 5.32 Å². The Balaban J connectivity index is 1.76. The highest BCUT2D eigenvalue weighted by Gasteiger charge is 2.49. The summed E-state index contributed by atoms with van der Waals surface area (Å²) in [5, 5.41) is 2.89. The zero-order chi connectivity index (χ0) is 15.6. The van der Waals surface area contributed by atoms with Gasteiger partial charge in [-0.2, -0.15) is 0 Å². The van der Waals surface area contributed by atoms with Gasteiger partial charge in [-0.1, -0.05) is 13.8 Å². The Morgan fingerprint density at radius 3 is 2.14 bits per heavy atom. The summed E-state index contributed by atoms with van der Waals surface area (Å²) in [4.78, 5) is 39.1. The number of nitrogens with one attached hydrogen (secondary N) is 1. The summed E-state index contributed by atoms with van der Waals surface area (Å²) in [5.41, 5.74) is 0. The SMILES string of the molecule is CC(=O)N1CCN(C(=O)C2CC2C(=O)NCC(C)C)CC1. The second-order valence-corrected chi connectivity index (χ2v) is 6.42. The van der Waals surface area contributed by atoms with Gasteiger partial charge < -0.3 is 15.1 Å². The Bertz CT molecular complexity index is 428. The lowest BCUT2D eigenvalue weighted by Crippen LogP contribution is -2.50. The Morgan fingerprint density at radius 1 is 1.05 bits per heavy atom. The van der Waals surface area contributed by atoms with Crippen molar-refractivity contribution in [1.29, 1.82) is 0 Å². The average Bonchev–Trinajstić information content (AvgIpc) is 3.24. The lowest BCUT2D eigenvalue weighted by atomic mass is 10.2. The summed E-state index contributed by atoms with van der Waals surface area (Å²) in [6.45, 7) is 8.65. The Hall–Kier alpha value is -1.59. The van der Waals surface area contributed by atoms with Gasteiger partial charge in [-0.25, -0.2) is 0 Å². The maximum absolute atomic E-state index is 12.3. The van der Waals surface area contributed by atoms with Crippen LogP contribution in [0.15, 0.2) is 0 Å². The minimum absolute atomic E-state index is 0.00409. The molecule has 3 amide bonds. The Morgan fingerprint density at radius 2 is 1.62 bits per heavy atom. The number of nitrogens with zero attached hydrogens (tertiary/aromatic N) is 2. The number of hydrogen-bond acceptors (Lipinski definition) is 3. The molecule has 6 heteroatoms. The van der Waals surface area contributed by atoms with Gasteiger partial charge in [0.2, 0.25) is 17.7 Å². The molecule has 2 fully saturated rings. The number of carbonyl (C=O) groups excluding carboxylic acids is 3. The van der Waals surface area contributed by atoms with E-state index in [0.29, 0.717) is 45.1 Å². The minimum Gasteiger partial charge on any atom is -0.356 e. The fourth-order valence-electron chi connectivity index (χ4n) is 2.67. The molecule has 0 aromatic heterocycles. The predicted octanol–water partition coefficient (Wildman–Crippen LogP) is 0.0854. The number of piperazine rings is 1. The van der Waals surface area contributed by atoms with Crippen LogP contribution in [0.3, 0.4) is 0 Å². The first-order valence-electron chi connectivity index (χ1n) is 7.72. The van der Waals surface area contributed by atoms with Crippen molar-refractivity contribution < 1.29 is 14.4 Å². The van der Waals surface area contributed by atoms with E-state index in [0.717, 1.165) is 0 Å². The van der Waals surface area contributed by atoms with Gasteiger partial charge in [-0.05, 0) is 12.3 Å². The first-order valence-corrected chi connectivity index (χ1v) is 7.72. The zero-order valence-corrected chi connectivity index (χ0v) is 13.1. The second-order valence-electron chi connectivity index (χ2n) is 6.42. The van der Waals surface area contributed by atoms with E-state index < -0.39 is 0 Å². The van der Waals surface area contributed by atoms with Crippen molar-refractivity contribution in [3.8, 4) is 0 Å². The van der Waals surface area contributed by atoms with Crippen molar-refractivity contribution in [2.24, 2.45) is 17.8 Å². The van der Waals surface area contributed by atoms with Gasteiger partial charge in [0.25, 0.3) is 0 Å². The number of hydrogen-bond donors (Lipinski definition) is 1. The van der Waals surface area contributed by atoms with Gasteiger partial charge in [0.15, 0.2) is 0 Å². The third kappa shape index (κ3) is 3.95. The molecule has 1 saturated heterocycles. The van der Waals surface area contributed by atoms with Crippen molar-refractivity contribution in [3.05, 3.63) is 0 Å². The molecule has 118 valence electrons. The minimum atomic E-state index is -0.152. The van der Waals surface area contributed by atoms with Crippen LogP contribution in [0.5, 0.6) is 0 Å². The molecule has 0 spiro atoms. The van der Waals surface area contributed by atoms with Gasteiger partial charge >= 0.3 is 0 Å². The normalized spacial score (nSPS) is 25.0. The molecule has 2 aliphatic rings. The molecule has 1 aliphatic heterocycles. The molecule has 0 bridgehead atoms. The highest BCUT2D eigenvalue weighted by atomic mass is 16.2. The van der Waals surface area contributed by atoms with Gasteiger partial charge in [-0.15, -0.1) is 0 Å². The zero-order valence-electron chi connectivity index (χ0n) is 13.1. The summed E-state index contributed by atoms with van der Waals surface area (Å²) < 4.78 is 0. The van der Waals surface area contributed by atoms with Crippen LogP contribution in [-0.2, 0) is 14.4 Å². The molecular formula is C15H25N3O3. The van der Waals surface area contributed by atoms with Crippen LogP contribution in [0, 0.1) is 17.8 Å². The summed E-state index contributed by atoms with van der Waals surface area (Å²) in [6, 6.07) is 0. The van der Waals surface area contributed by atoms with Gasteiger partial charge in [0, 0.05) is 39.6 Å². The smallest absolute Gasteiger partial charge is 0.226 e. The molecule has 1 aliphatic carbocycles. The number of amides is 3. The van der Waals surface area contributed by atoms with Crippen molar-refractivity contribution in [2.75, 3.05) is 32.7 Å². The third-order valence-electron chi connectivity index (χ3n) is 4.17. The van der Waals surface area contributed by atoms with Crippen LogP contribution in [0.1, 0.15) is 27.2 Å². The molecule has 21 heavy (non-hydrogen) atoms. The fourth-order valence-corrected chi connectivity index (χ4v) is 2.67. The van der Waals surface area contributed by atoms with E-state index >= 15 is 0 Å². The van der Waals surface area contributed by atoms with Crippen molar-refractivity contribution in [3.63, 3.8) is 0 Å². The van der Waals surface area contributed by atoms with Gasteiger partial charge in [0.1, 0.15) is 0 Å². The topological polar surface area (TPSA) is 69.7 Å². The maximum atomic E-state index is 12.3. The molecule has 1 saturated carbocycles. The molecule has 0 aromatic carbocycles. The summed E-state index contributed by atoms with van der Waals surface area (Å²) in [6.07, 6.45) is 0.662. The first-order chi connectivity index (χ1) is 9.90. The molecule has 0 aromatic rings. The van der Waals surface area contributed by atoms with Crippen LogP contribution in [-0.4, -0.2) is 60.2 Å². The molecule has 6 nitrogen and oxygen atoms in total. The quantitative estimate of drug-likeness (QED) is 0.799. The number of rotatable bonds is 4. The highest BCUT2D eigenvalue weighted by Crippen LogP contribution is 2.40. The lowest BCUT2D eigenvalue weighted by Gasteiger charge is -2.34. The number of carbonyl (C=O) groups is 3. The largest absolute Gasteiger partial charge is 0.356 e. The van der Waals surface area contributed by atoms with E-state index in [1.807, 2.05) is 13.8 Å². The molecule has 0 radical (unpaired) electrons. The van der Waals surface area contributed by atoms with Crippen molar-refractivity contribution in [1.82, 2.24) is 15.1 Å². The van der Waals surface area contributed by atoms with Crippen LogP contribution in [0.2, 0.25) is 0 Å². The predicted molar refractivity (Wildman–Crippen MR) is 78.3 cm³/mol. The molecular weight excluding hydrogens is 270 g/mol. The van der Waals surface area contributed by atoms with Crippen molar-refractivity contribution >= 4 is 17.7 Å². The van der Waals surface area contributed by atoms with Crippen LogP contribution in [0.4, 0.5) is 0 Å². The van der Waals surface area contributed by atoms with Crippen LogP contribution < -0.4 is 5.32 Å². The summed E-state index contributed by atoms with van der Waals surface area (Å²) in [7, 11) is 0. The molecule has 1 heterocycles. The summed E-state index contributed by atoms with van der Waals surface area (Å²) >= 11 is 0. The molecule has 2 atom stereocenters. The monoisotopic (exact) mass is 295 g/mol. The van der Waals surface area contributed by atoms with E-state index in [1.54, 1.807) is 16.7 Å². The fraction of sp³-hybridized carbons (Fsp3) is 0.800. The lowest BCUT2D eigenvalue weighted by molar-refractivity contribution is -0.140. The summed E-state index contributed by atoms with van der Waals surface area (Å²) in [5.74, 6) is 0.247. The third-order valence-corrected chi connectivity index (χ3v) is 4.17. The van der Waals surface area contributed by atoms with Crippen LogP contribution >= 0.6 is 0 Å².